The van der Waals surface area contributed by atoms with Gasteiger partial charge in [-0.15, -0.1) is 0 Å². The van der Waals surface area contributed by atoms with E-state index in [1.54, 1.807) is 41.3 Å². The Morgan fingerprint density at radius 1 is 1.06 bits per heavy atom. The molecule has 1 aliphatic rings. The van der Waals surface area contributed by atoms with Crippen LogP contribution in [0.4, 0.5) is 4.79 Å². The van der Waals surface area contributed by atoms with Crippen LogP contribution >= 0.6 is 0 Å². The molecule has 7 nitrogen and oxygen atoms in total. The van der Waals surface area contributed by atoms with Gasteiger partial charge in [0, 0.05) is 18.7 Å². The molecule has 3 rings (SSSR count). The number of hydrogen-bond donors (Lipinski definition) is 3. The number of rotatable bonds is 6. The number of likely N-dealkylation sites (tertiary alicyclic amines) is 1. The number of carbonyl (C=O) groups is 2. The van der Waals surface area contributed by atoms with Gasteiger partial charge in [0.05, 0.1) is 12.6 Å². The first-order valence-corrected chi connectivity index (χ1v) is 11.4. The summed E-state index contributed by atoms with van der Waals surface area (Å²) in [5.41, 5.74) is 1.52. The molecule has 0 bridgehead atoms. The number of hydrogen-bond acceptors (Lipinski definition) is 5. The molecule has 2 unspecified atom stereocenters. The summed E-state index contributed by atoms with van der Waals surface area (Å²) in [6.45, 7) is 6.27. The Bertz CT molecular complexity index is 933. The second-order valence-corrected chi connectivity index (χ2v) is 9.45. The van der Waals surface area contributed by atoms with Gasteiger partial charge in [0.2, 0.25) is 0 Å². The zero-order valence-corrected chi connectivity index (χ0v) is 19.5. The number of piperidine rings is 1. The quantitative estimate of drug-likeness (QED) is 0.619. The maximum absolute atomic E-state index is 13.1. The zero-order valence-electron chi connectivity index (χ0n) is 19.5. The van der Waals surface area contributed by atoms with Crippen LogP contribution in [0.2, 0.25) is 0 Å². The van der Waals surface area contributed by atoms with E-state index >= 15 is 0 Å². The number of ether oxygens (including phenoxy) is 1. The predicted octanol–water partition coefficient (Wildman–Crippen LogP) is 3.63. The highest BCUT2D eigenvalue weighted by molar-refractivity contribution is 5.96. The number of amides is 2. The van der Waals surface area contributed by atoms with Gasteiger partial charge in [-0.1, -0.05) is 48.5 Å². The zero-order chi connectivity index (χ0) is 24.0. The van der Waals surface area contributed by atoms with E-state index in [0.717, 1.165) is 18.4 Å². The van der Waals surface area contributed by atoms with Crippen molar-refractivity contribution in [2.24, 2.45) is 0 Å². The summed E-state index contributed by atoms with van der Waals surface area (Å²) >= 11 is 0. The van der Waals surface area contributed by atoms with Crippen molar-refractivity contribution < 1.29 is 24.5 Å². The summed E-state index contributed by atoms with van der Waals surface area (Å²) < 4.78 is 5.47. The van der Waals surface area contributed by atoms with Crippen molar-refractivity contribution in [2.75, 3.05) is 19.7 Å². The van der Waals surface area contributed by atoms with E-state index in [4.69, 9.17) is 4.74 Å². The third kappa shape index (κ3) is 6.55. The number of nitrogens with zero attached hydrogens (tertiary/aromatic N) is 1. The largest absolute Gasteiger partial charge is 0.444 e. The van der Waals surface area contributed by atoms with E-state index in [0.29, 0.717) is 24.2 Å². The lowest BCUT2D eigenvalue weighted by molar-refractivity contribution is 0.0204. The Morgan fingerprint density at radius 2 is 1.67 bits per heavy atom. The smallest absolute Gasteiger partial charge is 0.410 e. The van der Waals surface area contributed by atoms with Crippen molar-refractivity contribution in [1.82, 2.24) is 10.2 Å². The van der Waals surface area contributed by atoms with Crippen LogP contribution in [0, 0.1) is 0 Å². The lowest BCUT2D eigenvalue weighted by atomic mass is 9.86. The summed E-state index contributed by atoms with van der Waals surface area (Å²) in [6, 6.07) is 15.5. The molecular weight excluding hydrogens is 420 g/mol. The number of carbonyl (C=O) groups excluding carboxylic acids is 2. The van der Waals surface area contributed by atoms with E-state index in [2.05, 4.69) is 5.32 Å². The monoisotopic (exact) mass is 454 g/mol. The lowest BCUT2D eigenvalue weighted by Gasteiger charge is -2.34. The first-order chi connectivity index (χ1) is 15.7. The predicted molar refractivity (Wildman–Crippen MR) is 126 cm³/mol. The summed E-state index contributed by atoms with van der Waals surface area (Å²) in [6.07, 6.45) is 0.108. The Hall–Kier alpha value is -2.90. The molecule has 2 aromatic carbocycles. The van der Waals surface area contributed by atoms with Gasteiger partial charge in [-0.25, -0.2) is 4.79 Å². The molecule has 178 valence electrons. The Kier molecular flexibility index (Phi) is 8.10. The van der Waals surface area contributed by atoms with E-state index in [1.807, 2.05) is 39.0 Å². The van der Waals surface area contributed by atoms with Crippen molar-refractivity contribution >= 4 is 12.0 Å². The van der Waals surface area contributed by atoms with Crippen molar-refractivity contribution in [3.63, 3.8) is 0 Å². The summed E-state index contributed by atoms with van der Waals surface area (Å²) in [5, 5.41) is 23.2. The van der Waals surface area contributed by atoms with Gasteiger partial charge >= 0.3 is 6.09 Å². The molecule has 1 saturated heterocycles. The fraction of sp³-hybridized carbons (Fsp3) is 0.462. The Morgan fingerprint density at radius 3 is 2.27 bits per heavy atom. The Labute approximate surface area is 195 Å². The van der Waals surface area contributed by atoms with E-state index < -0.39 is 24.4 Å². The topological polar surface area (TPSA) is 99.1 Å². The molecule has 0 radical (unpaired) electrons. The molecule has 0 aromatic heterocycles. The highest BCUT2D eigenvalue weighted by Crippen LogP contribution is 2.31. The van der Waals surface area contributed by atoms with E-state index in [9.17, 15) is 19.8 Å². The number of nitrogens with one attached hydrogen (secondary N) is 1. The van der Waals surface area contributed by atoms with Gasteiger partial charge < -0.3 is 25.2 Å². The van der Waals surface area contributed by atoms with Crippen LogP contribution < -0.4 is 5.32 Å². The minimum Gasteiger partial charge on any atom is -0.444 e. The second-order valence-electron chi connectivity index (χ2n) is 9.45. The highest BCUT2D eigenvalue weighted by Gasteiger charge is 2.30. The molecule has 0 aliphatic carbocycles. The first-order valence-electron chi connectivity index (χ1n) is 11.4. The van der Waals surface area contributed by atoms with Crippen LogP contribution in [0.15, 0.2) is 54.6 Å². The average Bonchev–Trinajstić information content (AvgIpc) is 2.81. The number of aliphatic hydroxyl groups excluding tert-OH is 2. The fourth-order valence-corrected chi connectivity index (χ4v) is 4.11. The van der Waals surface area contributed by atoms with Crippen molar-refractivity contribution in [3.8, 4) is 0 Å². The minimum atomic E-state index is -1.02. The number of benzene rings is 2. The number of aliphatic hydroxyl groups is 2. The van der Waals surface area contributed by atoms with Crippen LogP contribution in [-0.2, 0) is 4.74 Å². The van der Waals surface area contributed by atoms with Crippen molar-refractivity contribution in [1.29, 1.82) is 0 Å². The molecular formula is C26H34N2O5. The van der Waals surface area contributed by atoms with Crippen LogP contribution in [0.25, 0.3) is 0 Å². The van der Waals surface area contributed by atoms with Gasteiger partial charge in [0.25, 0.3) is 5.91 Å². The summed E-state index contributed by atoms with van der Waals surface area (Å²) in [5.74, 6) is -0.216. The molecule has 7 heteroatoms. The molecule has 0 spiro atoms. The van der Waals surface area contributed by atoms with Crippen LogP contribution in [0.3, 0.4) is 0 Å². The lowest BCUT2D eigenvalue weighted by Crippen LogP contribution is -2.43. The molecule has 3 N–H and O–H groups in total. The molecule has 2 atom stereocenters. The van der Waals surface area contributed by atoms with Gasteiger partial charge in [0.15, 0.2) is 0 Å². The highest BCUT2D eigenvalue weighted by atomic mass is 16.6. The van der Waals surface area contributed by atoms with Crippen LogP contribution in [0.1, 0.15) is 67.1 Å². The SMILES string of the molecule is CC(C)(C)OC(=O)N1CCC(c2ccccc2C(=O)NC(CO)C(O)c2ccccc2)CC1. The van der Waals surface area contributed by atoms with Gasteiger partial charge in [-0.05, 0) is 56.7 Å². The van der Waals surface area contributed by atoms with Gasteiger partial charge in [0.1, 0.15) is 11.7 Å². The molecule has 2 amide bonds. The van der Waals surface area contributed by atoms with Crippen molar-refractivity contribution in [2.45, 2.75) is 57.3 Å². The third-order valence-corrected chi connectivity index (χ3v) is 5.83. The fourth-order valence-electron chi connectivity index (χ4n) is 4.11. The summed E-state index contributed by atoms with van der Waals surface area (Å²) in [4.78, 5) is 27.2. The van der Waals surface area contributed by atoms with E-state index in [-0.39, 0.29) is 17.9 Å². The van der Waals surface area contributed by atoms with Gasteiger partial charge in [-0.3, -0.25) is 4.79 Å². The van der Waals surface area contributed by atoms with Crippen LogP contribution in [0.5, 0.6) is 0 Å². The molecule has 33 heavy (non-hydrogen) atoms. The molecule has 2 aromatic rings. The maximum atomic E-state index is 13.1. The standard InChI is InChI=1S/C26H34N2O5/c1-26(2,3)33-25(32)28-15-13-18(14-16-28)20-11-7-8-12-21(20)24(31)27-22(17-29)23(30)19-9-5-4-6-10-19/h4-12,18,22-23,29-30H,13-17H2,1-3H3,(H,27,31). The van der Waals surface area contributed by atoms with Gasteiger partial charge in [-0.2, -0.15) is 0 Å². The molecule has 0 saturated carbocycles. The second kappa shape index (κ2) is 10.8. The third-order valence-electron chi connectivity index (χ3n) is 5.83. The summed E-state index contributed by atoms with van der Waals surface area (Å²) in [7, 11) is 0. The maximum Gasteiger partial charge on any atom is 0.410 e. The Balaban J connectivity index is 1.68. The van der Waals surface area contributed by atoms with Crippen LogP contribution in [-0.4, -0.2) is 58.5 Å². The first kappa shape index (κ1) is 24.7. The average molecular weight is 455 g/mol. The molecule has 1 heterocycles. The molecule has 1 fully saturated rings. The normalized spacial score (nSPS) is 16.7. The minimum absolute atomic E-state index is 0.122. The van der Waals surface area contributed by atoms with Crippen molar-refractivity contribution in [3.05, 3.63) is 71.3 Å². The van der Waals surface area contributed by atoms with E-state index in [1.165, 1.54) is 0 Å². The molecule has 1 aliphatic heterocycles.